The summed E-state index contributed by atoms with van der Waals surface area (Å²) in [4.78, 5) is 48.4. The summed E-state index contributed by atoms with van der Waals surface area (Å²) in [5, 5.41) is 3.74. The molecule has 0 saturated heterocycles. The Labute approximate surface area is 214 Å². The Morgan fingerprint density at radius 2 is 1.86 bits per heavy atom. The molecule has 37 heavy (non-hydrogen) atoms. The first kappa shape index (κ1) is 24.4. The maximum atomic E-state index is 13.1. The van der Waals surface area contributed by atoms with Crippen molar-refractivity contribution in [3.63, 3.8) is 0 Å². The molecule has 9 nitrogen and oxygen atoms in total. The highest BCUT2D eigenvalue weighted by atomic mass is 16.2. The van der Waals surface area contributed by atoms with Gasteiger partial charge in [0, 0.05) is 48.8 Å². The topological polar surface area (TPSA) is 123 Å². The van der Waals surface area contributed by atoms with E-state index in [2.05, 4.69) is 15.3 Å². The number of anilines is 2. The van der Waals surface area contributed by atoms with E-state index < -0.39 is 5.91 Å². The van der Waals surface area contributed by atoms with Crippen molar-refractivity contribution in [2.75, 3.05) is 17.3 Å². The number of carbonyl (C=O) groups excluding carboxylic acids is 3. The highest BCUT2D eigenvalue weighted by Gasteiger charge is 2.25. The van der Waals surface area contributed by atoms with Crippen molar-refractivity contribution in [3.05, 3.63) is 60.3 Å². The molecule has 1 fully saturated rings. The fourth-order valence-corrected chi connectivity index (χ4v) is 5.01. The second kappa shape index (κ2) is 10.4. The van der Waals surface area contributed by atoms with Crippen LogP contribution in [0.4, 0.5) is 11.6 Å². The van der Waals surface area contributed by atoms with Gasteiger partial charge in [0.2, 0.25) is 17.8 Å². The fourth-order valence-electron chi connectivity index (χ4n) is 5.01. The Morgan fingerprint density at radius 1 is 1.05 bits per heavy atom. The number of nitrogens with two attached hydrogens (primary N) is 1. The molecule has 3 N–H and O–H groups in total. The predicted molar refractivity (Wildman–Crippen MR) is 143 cm³/mol. The van der Waals surface area contributed by atoms with Gasteiger partial charge in [0.15, 0.2) is 0 Å². The minimum atomic E-state index is -0.449. The van der Waals surface area contributed by atoms with Crippen LogP contribution in [0.2, 0.25) is 0 Å². The number of fused-ring (bicyclic) bond motifs is 2. The number of imidazole rings is 1. The number of rotatable bonds is 7. The standard InChI is InChI=1S/C28H30N6O3/c1-33(27(37)18-6-3-2-4-7-18)21-10-12-24-23(17-21)31-28(34(24)15-13-25(29)35)32-26(36)20-9-11-22-19(16-20)8-5-14-30-22/h5,8-12,14,16-18H,2-4,6-7,13,15H2,1H3,(H2,29,35)(H,31,32,36). The molecule has 5 rings (SSSR count). The third kappa shape index (κ3) is 5.16. The molecule has 1 aliphatic carbocycles. The van der Waals surface area contributed by atoms with Crippen LogP contribution in [0.25, 0.3) is 21.9 Å². The molecule has 2 aromatic heterocycles. The Balaban J connectivity index is 1.45. The molecule has 0 bridgehead atoms. The summed E-state index contributed by atoms with van der Waals surface area (Å²) < 4.78 is 1.77. The van der Waals surface area contributed by atoms with E-state index in [1.54, 1.807) is 40.9 Å². The molecule has 1 saturated carbocycles. The molecule has 190 valence electrons. The number of amides is 3. The average Bonchev–Trinajstić information content (AvgIpc) is 3.27. The lowest BCUT2D eigenvalue weighted by atomic mass is 9.88. The summed E-state index contributed by atoms with van der Waals surface area (Å²) in [5.41, 5.74) is 8.76. The van der Waals surface area contributed by atoms with Crippen LogP contribution in [-0.4, -0.2) is 39.3 Å². The SMILES string of the molecule is CN(C(=O)C1CCCCC1)c1ccc2c(c1)nc(NC(=O)c1ccc3ncccc3c1)n2CCC(N)=O. The van der Waals surface area contributed by atoms with Gasteiger partial charge in [-0.3, -0.25) is 24.7 Å². The lowest BCUT2D eigenvalue weighted by Gasteiger charge is -2.26. The summed E-state index contributed by atoms with van der Waals surface area (Å²) in [7, 11) is 1.79. The highest BCUT2D eigenvalue weighted by molar-refractivity contribution is 6.06. The Kier molecular flexibility index (Phi) is 6.85. The van der Waals surface area contributed by atoms with Crippen LogP contribution in [0.3, 0.4) is 0 Å². The lowest BCUT2D eigenvalue weighted by molar-refractivity contribution is -0.123. The van der Waals surface area contributed by atoms with Gasteiger partial charge >= 0.3 is 0 Å². The van der Waals surface area contributed by atoms with Gasteiger partial charge in [-0.05, 0) is 55.3 Å². The number of hydrogen-bond donors (Lipinski definition) is 2. The number of hydrogen-bond acceptors (Lipinski definition) is 5. The van der Waals surface area contributed by atoms with Crippen LogP contribution in [0, 0.1) is 5.92 Å². The molecule has 4 aromatic rings. The second-order valence-electron chi connectivity index (χ2n) is 9.57. The van der Waals surface area contributed by atoms with E-state index in [0.717, 1.165) is 47.8 Å². The van der Waals surface area contributed by atoms with Gasteiger partial charge in [0.1, 0.15) is 0 Å². The quantitative estimate of drug-likeness (QED) is 0.394. The Hall–Kier alpha value is -4.27. The van der Waals surface area contributed by atoms with Gasteiger partial charge in [-0.15, -0.1) is 0 Å². The van der Waals surface area contributed by atoms with Crippen LogP contribution >= 0.6 is 0 Å². The molecule has 2 heterocycles. The molecule has 0 unspecified atom stereocenters. The Morgan fingerprint density at radius 3 is 2.65 bits per heavy atom. The third-order valence-electron chi connectivity index (χ3n) is 7.08. The molecule has 9 heteroatoms. The largest absolute Gasteiger partial charge is 0.370 e. The van der Waals surface area contributed by atoms with Crippen LogP contribution < -0.4 is 16.0 Å². The third-order valence-corrected chi connectivity index (χ3v) is 7.08. The van der Waals surface area contributed by atoms with Gasteiger partial charge in [-0.25, -0.2) is 4.98 Å². The number of pyridine rings is 1. The van der Waals surface area contributed by atoms with E-state index in [0.29, 0.717) is 17.0 Å². The van der Waals surface area contributed by atoms with Crippen molar-refractivity contribution in [1.82, 2.24) is 14.5 Å². The van der Waals surface area contributed by atoms with Crippen molar-refractivity contribution in [2.45, 2.75) is 45.1 Å². The maximum absolute atomic E-state index is 13.1. The smallest absolute Gasteiger partial charge is 0.257 e. The van der Waals surface area contributed by atoms with Crippen molar-refractivity contribution in [3.8, 4) is 0 Å². The number of nitrogens with zero attached hydrogens (tertiary/aromatic N) is 4. The van der Waals surface area contributed by atoms with Crippen LogP contribution in [0.5, 0.6) is 0 Å². The lowest BCUT2D eigenvalue weighted by Crippen LogP contribution is -2.33. The zero-order valence-electron chi connectivity index (χ0n) is 20.8. The molecular weight excluding hydrogens is 468 g/mol. The first-order valence-electron chi connectivity index (χ1n) is 12.6. The zero-order valence-corrected chi connectivity index (χ0v) is 20.8. The zero-order chi connectivity index (χ0) is 25.9. The Bertz CT molecular complexity index is 1490. The van der Waals surface area contributed by atoms with Gasteiger partial charge in [0.25, 0.3) is 5.91 Å². The van der Waals surface area contributed by atoms with Crippen LogP contribution in [0.15, 0.2) is 54.7 Å². The monoisotopic (exact) mass is 498 g/mol. The summed E-state index contributed by atoms with van der Waals surface area (Å²) in [5.74, 6) is -0.297. The summed E-state index contributed by atoms with van der Waals surface area (Å²) in [6.07, 6.45) is 7.01. The minimum Gasteiger partial charge on any atom is -0.370 e. The van der Waals surface area contributed by atoms with E-state index in [-0.39, 0.29) is 30.7 Å². The number of primary amides is 1. The van der Waals surface area contributed by atoms with E-state index in [1.807, 2.05) is 30.3 Å². The van der Waals surface area contributed by atoms with E-state index in [9.17, 15) is 14.4 Å². The molecule has 0 atom stereocenters. The number of carbonyl (C=O) groups is 3. The highest BCUT2D eigenvalue weighted by Crippen LogP contribution is 2.29. The summed E-state index contributed by atoms with van der Waals surface area (Å²) in [6, 6.07) is 14.6. The molecule has 1 aliphatic rings. The van der Waals surface area contributed by atoms with Gasteiger partial charge in [0.05, 0.1) is 16.6 Å². The van der Waals surface area contributed by atoms with Crippen LogP contribution in [-0.2, 0) is 16.1 Å². The van der Waals surface area contributed by atoms with Crippen molar-refractivity contribution >= 4 is 51.3 Å². The number of aryl methyl sites for hydroxylation is 1. The first-order valence-corrected chi connectivity index (χ1v) is 12.6. The molecule has 0 aliphatic heterocycles. The molecule has 0 spiro atoms. The molecule has 2 aromatic carbocycles. The number of aromatic nitrogens is 3. The minimum absolute atomic E-state index is 0.0505. The van der Waals surface area contributed by atoms with Gasteiger partial charge < -0.3 is 15.2 Å². The first-order chi connectivity index (χ1) is 17.9. The predicted octanol–water partition coefficient (Wildman–Crippen LogP) is 4.26. The number of benzene rings is 2. The molecule has 0 radical (unpaired) electrons. The number of nitrogens with one attached hydrogen (secondary N) is 1. The van der Waals surface area contributed by atoms with Crippen molar-refractivity contribution in [1.29, 1.82) is 0 Å². The fraction of sp³-hybridized carbons (Fsp3) is 0.321. The summed E-state index contributed by atoms with van der Waals surface area (Å²) in [6.45, 7) is 0.263. The maximum Gasteiger partial charge on any atom is 0.257 e. The van der Waals surface area contributed by atoms with Gasteiger partial charge in [-0.2, -0.15) is 0 Å². The normalized spacial score (nSPS) is 14.1. The van der Waals surface area contributed by atoms with E-state index in [4.69, 9.17) is 5.73 Å². The van der Waals surface area contributed by atoms with Crippen molar-refractivity contribution in [2.24, 2.45) is 11.7 Å². The average molecular weight is 499 g/mol. The molecular formula is C28H30N6O3. The summed E-state index contributed by atoms with van der Waals surface area (Å²) >= 11 is 0. The van der Waals surface area contributed by atoms with Crippen LogP contribution in [0.1, 0.15) is 48.9 Å². The second-order valence-corrected chi connectivity index (χ2v) is 9.57. The van der Waals surface area contributed by atoms with Gasteiger partial charge in [-0.1, -0.05) is 25.3 Å². The molecule has 3 amide bonds. The van der Waals surface area contributed by atoms with Crippen molar-refractivity contribution < 1.29 is 14.4 Å². The van der Waals surface area contributed by atoms with E-state index in [1.165, 1.54) is 6.42 Å². The van der Waals surface area contributed by atoms with E-state index >= 15 is 0 Å².